The normalized spacial score (nSPS) is 18.2. The van der Waals surface area contributed by atoms with Crippen molar-refractivity contribution in [2.45, 2.75) is 52.6 Å². The molecule has 0 saturated carbocycles. The SMILES string of the molecule is CCc1nc([C@H]2CCCN2Cc2csc(N(CC)C(C)=O)n2)no1. The van der Waals surface area contributed by atoms with Crippen LogP contribution in [-0.4, -0.2) is 39.0 Å². The van der Waals surface area contributed by atoms with Gasteiger partial charge in [-0.1, -0.05) is 12.1 Å². The zero-order valence-corrected chi connectivity index (χ0v) is 15.2. The zero-order valence-electron chi connectivity index (χ0n) is 14.4. The second kappa shape index (κ2) is 7.40. The fraction of sp³-hybridized carbons (Fsp3) is 0.625. The Kier molecular flexibility index (Phi) is 5.25. The number of amides is 1. The number of carbonyl (C=O) groups excluding carboxylic acids is 1. The lowest BCUT2D eigenvalue weighted by molar-refractivity contribution is -0.116. The third-order valence-electron chi connectivity index (χ3n) is 4.28. The molecule has 1 atom stereocenters. The van der Waals surface area contributed by atoms with Crippen molar-refractivity contribution in [3.8, 4) is 0 Å². The second-order valence-corrected chi connectivity index (χ2v) is 6.75. The molecule has 2 aromatic heterocycles. The fourth-order valence-corrected chi connectivity index (χ4v) is 3.97. The lowest BCUT2D eigenvalue weighted by Crippen LogP contribution is -2.28. The first kappa shape index (κ1) is 17.0. The summed E-state index contributed by atoms with van der Waals surface area (Å²) in [5.41, 5.74) is 0.987. The summed E-state index contributed by atoms with van der Waals surface area (Å²) in [6.45, 7) is 7.92. The van der Waals surface area contributed by atoms with Gasteiger partial charge in [-0.05, 0) is 26.3 Å². The van der Waals surface area contributed by atoms with Crippen molar-refractivity contribution in [1.82, 2.24) is 20.0 Å². The second-order valence-electron chi connectivity index (χ2n) is 5.91. The van der Waals surface area contributed by atoms with Crippen LogP contribution in [0.4, 0.5) is 5.13 Å². The Hall–Kier alpha value is -1.80. The molecule has 1 aliphatic rings. The minimum Gasteiger partial charge on any atom is -0.339 e. The number of carbonyl (C=O) groups is 1. The summed E-state index contributed by atoms with van der Waals surface area (Å²) in [5, 5.41) is 6.93. The summed E-state index contributed by atoms with van der Waals surface area (Å²) >= 11 is 1.52. The Balaban J connectivity index is 1.71. The standard InChI is InChI=1S/C16H23N5O2S/c1-4-14-18-15(19-23-14)13-7-6-8-20(13)9-12-10-24-16(17-12)21(5-2)11(3)22/h10,13H,4-9H2,1-3H3/t13-/m1/s1. The number of thiazole rings is 1. The first-order chi connectivity index (χ1) is 11.6. The first-order valence-electron chi connectivity index (χ1n) is 8.41. The molecule has 1 fully saturated rings. The Bertz CT molecular complexity index is 698. The molecule has 0 N–H and O–H groups in total. The Morgan fingerprint density at radius 1 is 1.46 bits per heavy atom. The summed E-state index contributed by atoms with van der Waals surface area (Å²) in [5.74, 6) is 1.49. The van der Waals surface area contributed by atoms with Crippen LogP contribution in [0.5, 0.6) is 0 Å². The maximum absolute atomic E-state index is 11.7. The van der Waals surface area contributed by atoms with Crippen LogP contribution in [0.3, 0.4) is 0 Å². The molecular weight excluding hydrogens is 326 g/mol. The van der Waals surface area contributed by atoms with E-state index < -0.39 is 0 Å². The van der Waals surface area contributed by atoms with Gasteiger partial charge >= 0.3 is 0 Å². The Morgan fingerprint density at radius 2 is 2.29 bits per heavy atom. The third-order valence-corrected chi connectivity index (χ3v) is 5.19. The van der Waals surface area contributed by atoms with Gasteiger partial charge in [-0.15, -0.1) is 11.3 Å². The molecule has 0 radical (unpaired) electrons. The predicted molar refractivity (Wildman–Crippen MR) is 91.9 cm³/mol. The van der Waals surface area contributed by atoms with E-state index in [1.54, 1.807) is 11.8 Å². The van der Waals surface area contributed by atoms with Crippen LogP contribution in [0.15, 0.2) is 9.90 Å². The largest absolute Gasteiger partial charge is 0.339 e. The molecule has 1 saturated heterocycles. The van der Waals surface area contributed by atoms with Crippen molar-refractivity contribution in [1.29, 1.82) is 0 Å². The molecule has 7 nitrogen and oxygen atoms in total. The highest BCUT2D eigenvalue weighted by molar-refractivity contribution is 7.14. The van der Waals surface area contributed by atoms with Gasteiger partial charge < -0.3 is 4.52 Å². The van der Waals surface area contributed by atoms with Gasteiger partial charge in [-0.25, -0.2) is 4.98 Å². The number of nitrogens with zero attached hydrogens (tertiary/aromatic N) is 5. The highest BCUT2D eigenvalue weighted by Gasteiger charge is 2.30. The van der Waals surface area contributed by atoms with Gasteiger partial charge in [0.05, 0.1) is 11.7 Å². The van der Waals surface area contributed by atoms with E-state index >= 15 is 0 Å². The quantitative estimate of drug-likeness (QED) is 0.798. The number of hydrogen-bond donors (Lipinski definition) is 0. The minimum atomic E-state index is 0.0244. The predicted octanol–water partition coefficient (Wildman–Crippen LogP) is 2.80. The summed E-state index contributed by atoms with van der Waals surface area (Å²) in [7, 11) is 0. The summed E-state index contributed by atoms with van der Waals surface area (Å²) in [6, 6.07) is 0.189. The Labute approximate surface area is 145 Å². The molecule has 24 heavy (non-hydrogen) atoms. The third kappa shape index (κ3) is 3.49. The monoisotopic (exact) mass is 349 g/mol. The van der Waals surface area contributed by atoms with Crippen molar-refractivity contribution in [3.05, 3.63) is 22.8 Å². The average molecular weight is 349 g/mol. The fourth-order valence-electron chi connectivity index (χ4n) is 3.05. The van der Waals surface area contributed by atoms with E-state index in [1.165, 1.54) is 11.3 Å². The lowest BCUT2D eigenvalue weighted by atomic mass is 10.2. The van der Waals surface area contributed by atoms with Gasteiger partial charge in [-0.3, -0.25) is 14.6 Å². The molecule has 0 bridgehead atoms. The van der Waals surface area contributed by atoms with Crippen LogP contribution >= 0.6 is 11.3 Å². The van der Waals surface area contributed by atoms with E-state index in [2.05, 4.69) is 20.0 Å². The summed E-state index contributed by atoms with van der Waals surface area (Å²) < 4.78 is 5.26. The molecule has 0 spiro atoms. The molecule has 2 aromatic rings. The van der Waals surface area contributed by atoms with E-state index in [1.807, 2.05) is 19.2 Å². The van der Waals surface area contributed by atoms with E-state index in [0.717, 1.165) is 49.0 Å². The number of rotatable bonds is 6. The average Bonchev–Trinajstić information content (AvgIpc) is 3.28. The van der Waals surface area contributed by atoms with Gasteiger partial charge in [0.1, 0.15) is 0 Å². The van der Waals surface area contributed by atoms with E-state index in [0.29, 0.717) is 12.4 Å². The molecule has 0 aromatic carbocycles. The lowest BCUT2D eigenvalue weighted by Gasteiger charge is -2.20. The summed E-state index contributed by atoms with van der Waals surface area (Å²) in [4.78, 5) is 24.8. The van der Waals surface area contributed by atoms with Crippen molar-refractivity contribution in [2.24, 2.45) is 0 Å². The van der Waals surface area contributed by atoms with Crippen LogP contribution in [0.2, 0.25) is 0 Å². The van der Waals surface area contributed by atoms with Crippen LogP contribution < -0.4 is 4.90 Å². The molecular formula is C16H23N5O2S. The number of aromatic nitrogens is 3. The maximum Gasteiger partial charge on any atom is 0.226 e. The number of likely N-dealkylation sites (tertiary alicyclic amines) is 1. The van der Waals surface area contributed by atoms with E-state index in [-0.39, 0.29) is 11.9 Å². The molecule has 1 aliphatic heterocycles. The van der Waals surface area contributed by atoms with Gasteiger partial charge in [0, 0.05) is 31.8 Å². The molecule has 0 unspecified atom stereocenters. The van der Waals surface area contributed by atoms with Gasteiger partial charge in [0.25, 0.3) is 0 Å². The van der Waals surface area contributed by atoms with Gasteiger partial charge in [0.2, 0.25) is 11.8 Å². The van der Waals surface area contributed by atoms with Crippen molar-refractivity contribution >= 4 is 22.4 Å². The molecule has 130 valence electrons. The molecule has 8 heteroatoms. The van der Waals surface area contributed by atoms with Gasteiger partial charge in [-0.2, -0.15) is 4.98 Å². The topological polar surface area (TPSA) is 75.4 Å². The highest BCUT2D eigenvalue weighted by Crippen LogP contribution is 2.32. The van der Waals surface area contributed by atoms with E-state index in [4.69, 9.17) is 4.52 Å². The zero-order chi connectivity index (χ0) is 17.1. The molecule has 1 amide bonds. The Morgan fingerprint density at radius 3 is 2.96 bits per heavy atom. The molecule has 3 heterocycles. The molecule has 3 rings (SSSR count). The van der Waals surface area contributed by atoms with Crippen LogP contribution in [-0.2, 0) is 17.8 Å². The van der Waals surface area contributed by atoms with E-state index in [9.17, 15) is 4.79 Å². The first-order valence-corrected chi connectivity index (χ1v) is 9.29. The van der Waals surface area contributed by atoms with Crippen molar-refractivity contribution < 1.29 is 9.32 Å². The van der Waals surface area contributed by atoms with Gasteiger partial charge in [0.15, 0.2) is 11.0 Å². The van der Waals surface area contributed by atoms with Crippen molar-refractivity contribution in [3.63, 3.8) is 0 Å². The smallest absolute Gasteiger partial charge is 0.226 e. The van der Waals surface area contributed by atoms with Crippen molar-refractivity contribution in [2.75, 3.05) is 18.0 Å². The number of hydrogen-bond acceptors (Lipinski definition) is 7. The number of aryl methyl sites for hydroxylation is 1. The van der Waals surface area contributed by atoms with Crippen LogP contribution in [0, 0.1) is 0 Å². The summed E-state index contributed by atoms with van der Waals surface area (Å²) in [6.07, 6.45) is 2.91. The maximum atomic E-state index is 11.7. The highest BCUT2D eigenvalue weighted by atomic mass is 32.1. The van der Waals surface area contributed by atoms with Crippen LogP contribution in [0.1, 0.15) is 57.1 Å². The molecule has 0 aliphatic carbocycles. The van der Waals surface area contributed by atoms with Crippen LogP contribution in [0.25, 0.3) is 0 Å². The minimum absolute atomic E-state index is 0.0244. The number of anilines is 1.